The lowest BCUT2D eigenvalue weighted by Gasteiger charge is -2.41. The van der Waals surface area contributed by atoms with Crippen LogP contribution in [0.4, 0.5) is 0 Å². The first-order valence-corrected chi connectivity index (χ1v) is 11.1. The molecule has 0 spiro atoms. The summed E-state index contributed by atoms with van der Waals surface area (Å²) in [5, 5.41) is 27.4. The van der Waals surface area contributed by atoms with Crippen LogP contribution in [0.15, 0.2) is 29.3 Å². The van der Waals surface area contributed by atoms with E-state index in [-0.39, 0.29) is 12.5 Å². The number of benzene rings is 1. The maximum Gasteiger partial charge on any atom is 0.249 e. The summed E-state index contributed by atoms with van der Waals surface area (Å²) in [5.74, 6) is -1.70. The number of amides is 2. The molecule has 1 aromatic rings. The summed E-state index contributed by atoms with van der Waals surface area (Å²) in [7, 11) is 3.50. The summed E-state index contributed by atoms with van der Waals surface area (Å²) in [5.41, 5.74) is 5.54. The van der Waals surface area contributed by atoms with Gasteiger partial charge < -0.3 is 14.7 Å². The average molecular weight is 464 g/mol. The fourth-order valence-electron chi connectivity index (χ4n) is 4.72. The van der Waals surface area contributed by atoms with Crippen LogP contribution in [-0.2, 0) is 9.59 Å². The van der Waals surface area contributed by atoms with Crippen LogP contribution in [0, 0.1) is 41.5 Å². The second-order valence-electron chi connectivity index (χ2n) is 8.74. The van der Waals surface area contributed by atoms with Crippen LogP contribution in [0.2, 0.25) is 0 Å². The Morgan fingerprint density at radius 1 is 1.21 bits per heavy atom. The summed E-state index contributed by atoms with van der Waals surface area (Å²) in [4.78, 5) is 34.9. The minimum Gasteiger partial charge on any atom is -0.348 e. The third-order valence-electron chi connectivity index (χ3n) is 6.43. The van der Waals surface area contributed by atoms with Crippen molar-refractivity contribution in [2.75, 3.05) is 40.3 Å². The van der Waals surface area contributed by atoms with Crippen LogP contribution in [0.5, 0.6) is 0 Å². The predicted molar refractivity (Wildman–Crippen MR) is 125 cm³/mol. The minimum atomic E-state index is -0.777. The fraction of sp³-hybridized carbons (Fsp3) is 0.458. The van der Waals surface area contributed by atoms with Gasteiger partial charge in [0.1, 0.15) is 0 Å². The Kier molecular flexibility index (Phi) is 7.87. The van der Waals surface area contributed by atoms with Crippen LogP contribution in [0.3, 0.4) is 0 Å². The van der Waals surface area contributed by atoms with E-state index in [1.165, 1.54) is 0 Å². The van der Waals surface area contributed by atoms with E-state index in [1.54, 1.807) is 46.5 Å². The van der Waals surface area contributed by atoms with Crippen LogP contribution in [0.25, 0.3) is 5.57 Å². The molecule has 10 heteroatoms. The lowest BCUT2D eigenvalue weighted by atomic mass is 9.83. The molecule has 0 saturated carbocycles. The molecule has 2 amide bonds. The summed E-state index contributed by atoms with van der Waals surface area (Å²) in [6, 6.07) is 7.74. The second-order valence-corrected chi connectivity index (χ2v) is 8.74. The predicted octanol–water partition coefficient (Wildman–Crippen LogP) is 1.32. The van der Waals surface area contributed by atoms with Gasteiger partial charge in [-0.1, -0.05) is 12.1 Å². The van der Waals surface area contributed by atoms with Crippen molar-refractivity contribution in [3.05, 3.63) is 41.0 Å². The maximum atomic E-state index is 13.4. The molecular formula is C24H29N7O3. The van der Waals surface area contributed by atoms with E-state index in [2.05, 4.69) is 11.1 Å². The van der Waals surface area contributed by atoms with Gasteiger partial charge in [0.15, 0.2) is 0 Å². The number of carbonyl (C=O) groups is 2. The van der Waals surface area contributed by atoms with Gasteiger partial charge in [-0.3, -0.25) is 14.8 Å². The molecule has 178 valence electrons. The largest absolute Gasteiger partial charge is 0.348 e. The van der Waals surface area contributed by atoms with Crippen molar-refractivity contribution in [2.24, 2.45) is 16.8 Å². The third kappa shape index (κ3) is 5.19. The Morgan fingerprint density at radius 2 is 1.97 bits per heavy atom. The van der Waals surface area contributed by atoms with Gasteiger partial charge in [0.05, 0.1) is 23.5 Å². The van der Waals surface area contributed by atoms with Crippen molar-refractivity contribution in [3.8, 4) is 12.3 Å². The number of nitriles is 2. The highest BCUT2D eigenvalue weighted by Crippen LogP contribution is 2.30. The zero-order valence-electron chi connectivity index (χ0n) is 19.7. The number of piperidine rings is 1. The summed E-state index contributed by atoms with van der Waals surface area (Å²) in [6.07, 6.45) is 4.87. The quantitative estimate of drug-likeness (QED) is 0.227. The van der Waals surface area contributed by atoms with Crippen molar-refractivity contribution >= 4 is 23.3 Å². The Morgan fingerprint density at radius 3 is 2.53 bits per heavy atom. The van der Waals surface area contributed by atoms with Crippen LogP contribution >= 0.6 is 0 Å². The molecule has 0 aromatic heterocycles. The number of carbonyl (C=O) groups excluding carboxylic acids is 2. The number of hydrogen-bond acceptors (Lipinski definition) is 6. The number of hydroxylamine groups is 1. The van der Waals surface area contributed by atoms with Gasteiger partial charge in [0.2, 0.25) is 24.0 Å². The Balaban J connectivity index is 1.75. The van der Waals surface area contributed by atoms with E-state index in [0.29, 0.717) is 44.0 Å². The van der Waals surface area contributed by atoms with E-state index in [0.717, 1.165) is 16.7 Å². The van der Waals surface area contributed by atoms with E-state index in [4.69, 9.17) is 10.5 Å². The van der Waals surface area contributed by atoms with Gasteiger partial charge in [-0.15, -0.1) is 4.99 Å². The maximum absolute atomic E-state index is 13.4. The zero-order valence-corrected chi connectivity index (χ0v) is 19.7. The number of likely N-dealkylation sites (tertiary alicyclic amines) is 1. The molecule has 2 aliphatic rings. The van der Waals surface area contributed by atoms with Gasteiger partial charge in [-0.2, -0.15) is 10.5 Å². The standard InChI is InChI=1S/C24H29N7O3/c1-16-12-17(13-25)4-5-19(16)18-6-9-30(10-7-18)23(33)20-8-11-31(14-21(20)22(32)28-34)24(27-15-26)29(2)3/h4-6,12,20-21,34H,7-11,14H2,1-3H3,(H,28,32)/t20-,21-/m0/s1. The molecule has 2 atom stereocenters. The highest BCUT2D eigenvalue weighted by atomic mass is 16.5. The molecule has 1 saturated heterocycles. The topological polar surface area (TPSA) is 136 Å². The SMILES string of the molecule is Cc1cc(C#N)ccc1C1=CCN(C(=O)[C@H]2CCN(C(=NC#N)N(C)C)C[C@@H]2C(=O)NO)CC1. The van der Waals surface area contributed by atoms with E-state index >= 15 is 0 Å². The number of rotatable bonds is 3. The lowest BCUT2D eigenvalue weighted by molar-refractivity contribution is -0.147. The first kappa shape index (κ1) is 24.7. The zero-order chi connectivity index (χ0) is 24.8. The normalized spacial score (nSPS) is 20.6. The van der Waals surface area contributed by atoms with E-state index < -0.39 is 17.7 Å². The van der Waals surface area contributed by atoms with Gasteiger partial charge in [-0.25, -0.2) is 5.48 Å². The van der Waals surface area contributed by atoms with Crippen molar-refractivity contribution in [1.82, 2.24) is 20.2 Å². The van der Waals surface area contributed by atoms with Crippen molar-refractivity contribution < 1.29 is 14.8 Å². The molecule has 1 aromatic carbocycles. The fourth-order valence-corrected chi connectivity index (χ4v) is 4.72. The van der Waals surface area contributed by atoms with E-state index in [9.17, 15) is 14.8 Å². The summed E-state index contributed by atoms with van der Waals surface area (Å²) in [6.45, 7) is 3.55. The Hall–Kier alpha value is -3.89. The molecule has 2 aliphatic heterocycles. The van der Waals surface area contributed by atoms with Gasteiger partial charge in [0.25, 0.3) is 0 Å². The highest BCUT2D eigenvalue weighted by molar-refractivity contribution is 5.89. The highest BCUT2D eigenvalue weighted by Gasteiger charge is 2.41. The van der Waals surface area contributed by atoms with E-state index in [1.807, 2.05) is 25.1 Å². The summed E-state index contributed by atoms with van der Waals surface area (Å²) < 4.78 is 0. The van der Waals surface area contributed by atoms with Crippen LogP contribution in [-0.4, -0.2) is 78.0 Å². The van der Waals surface area contributed by atoms with Gasteiger partial charge in [-0.05, 0) is 48.6 Å². The summed E-state index contributed by atoms with van der Waals surface area (Å²) >= 11 is 0. The Bertz CT molecular complexity index is 1100. The van der Waals surface area contributed by atoms with Crippen molar-refractivity contribution in [2.45, 2.75) is 19.8 Å². The second kappa shape index (κ2) is 10.8. The van der Waals surface area contributed by atoms with Crippen molar-refractivity contribution in [3.63, 3.8) is 0 Å². The van der Waals surface area contributed by atoms with Crippen LogP contribution in [0.1, 0.15) is 29.5 Å². The number of nitrogens with one attached hydrogen (secondary N) is 1. The van der Waals surface area contributed by atoms with Crippen LogP contribution < -0.4 is 5.48 Å². The Labute approximate surface area is 199 Å². The first-order chi connectivity index (χ1) is 16.3. The smallest absolute Gasteiger partial charge is 0.249 e. The molecule has 0 aliphatic carbocycles. The molecule has 0 bridgehead atoms. The molecule has 34 heavy (non-hydrogen) atoms. The lowest BCUT2D eigenvalue weighted by Crippen LogP contribution is -2.55. The van der Waals surface area contributed by atoms with Gasteiger partial charge >= 0.3 is 0 Å². The van der Waals surface area contributed by atoms with Crippen molar-refractivity contribution in [1.29, 1.82) is 10.5 Å². The first-order valence-electron chi connectivity index (χ1n) is 11.1. The third-order valence-corrected chi connectivity index (χ3v) is 6.43. The molecule has 0 unspecified atom stereocenters. The molecule has 3 rings (SSSR count). The molecule has 0 radical (unpaired) electrons. The molecular weight excluding hydrogens is 434 g/mol. The number of hydrogen-bond donors (Lipinski definition) is 2. The monoisotopic (exact) mass is 463 g/mol. The number of guanidine groups is 1. The molecule has 1 fully saturated rings. The minimum absolute atomic E-state index is 0.122. The van der Waals surface area contributed by atoms with Gasteiger partial charge in [0, 0.05) is 40.3 Å². The molecule has 2 heterocycles. The average Bonchev–Trinajstić information content (AvgIpc) is 2.85. The number of aryl methyl sites for hydroxylation is 1. The number of aliphatic imine (C=N–C) groups is 1. The number of nitrogens with zero attached hydrogens (tertiary/aromatic N) is 6. The molecule has 10 nitrogen and oxygen atoms in total. The molecule has 2 N–H and O–H groups in total.